The highest BCUT2D eigenvalue weighted by atomic mass is 35.5. The highest BCUT2D eigenvalue weighted by Gasteiger charge is 2.31. The van der Waals surface area contributed by atoms with E-state index in [1.54, 1.807) is 4.90 Å². The Morgan fingerprint density at radius 1 is 1.53 bits per heavy atom. The molecule has 0 aromatic heterocycles. The molecule has 15 heavy (non-hydrogen) atoms. The van der Waals surface area contributed by atoms with E-state index in [9.17, 15) is 9.18 Å². The van der Waals surface area contributed by atoms with Crippen LogP contribution in [0.5, 0.6) is 0 Å². The molecule has 3 nitrogen and oxygen atoms in total. The largest absolute Gasteiger partial charge is 0.342 e. The molecule has 1 heterocycles. The van der Waals surface area contributed by atoms with Gasteiger partial charge in [-0.05, 0) is 13.3 Å². The Bertz CT molecular complexity index is 198. The van der Waals surface area contributed by atoms with Crippen LogP contribution in [0.15, 0.2) is 0 Å². The van der Waals surface area contributed by atoms with Crippen LogP contribution in [0.2, 0.25) is 0 Å². The van der Waals surface area contributed by atoms with Crippen molar-refractivity contribution in [3.63, 3.8) is 0 Å². The second-order valence-electron chi connectivity index (χ2n) is 3.71. The van der Waals surface area contributed by atoms with E-state index in [2.05, 4.69) is 5.32 Å². The van der Waals surface area contributed by atoms with Crippen LogP contribution in [-0.2, 0) is 4.79 Å². The topological polar surface area (TPSA) is 32.3 Å². The summed E-state index contributed by atoms with van der Waals surface area (Å²) in [4.78, 5) is 13.6. The Balaban J connectivity index is 0.00000196. The van der Waals surface area contributed by atoms with Crippen LogP contribution in [0.3, 0.4) is 0 Å². The monoisotopic (exact) mass is 238 g/mol. The van der Waals surface area contributed by atoms with Crippen molar-refractivity contribution < 1.29 is 9.18 Å². The van der Waals surface area contributed by atoms with Crippen LogP contribution in [-0.4, -0.2) is 42.7 Å². The van der Waals surface area contributed by atoms with Gasteiger partial charge in [-0.25, -0.2) is 4.39 Å². The van der Waals surface area contributed by atoms with Crippen molar-refractivity contribution >= 4 is 18.3 Å². The first kappa shape index (κ1) is 14.6. The van der Waals surface area contributed by atoms with Crippen molar-refractivity contribution in [1.82, 2.24) is 10.2 Å². The lowest BCUT2D eigenvalue weighted by Gasteiger charge is -2.23. The van der Waals surface area contributed by atoms with Gasteiger partial charge >= 0.3 is 0 Å². The van der Waals surface area contributed by atoms with Crippen molar-refractivity contribution in [3.8, 4) is 0 Å². The third-order valence-electron chi connectivity index (χ3n) is 2.56. The summed E-state index contributed by atoms with van der Waals surface area (Å²) in [5, 5.41) is 2.91. The maximum absolute atomic E-state index is 12.9. The average molecular weight is 239 g/mol. The first-order chi connectivity index (χ1) is 6.69. The van der Waals surface area contributed by atoms with E-state index >= 15 is 0 Å². The molecule has 1 rings (SSSR count). The Morgan fingerprint density at radius 2 is 2.20 bits per heavy atom. The number of nitrogens with one attached hydrogen (secondary N) is 1. The molecule has 0 aromatic rings. The summed E-state index contributed by atoms with van der Waals surface area (Å²) in [6, 6.07) is -0.295. The zero-order valence-corrected chi connectivity index (χ0v) is 10.1. The number of alkyl halides is 1. The van der Waals surface area contributed by atoms with Crippen LogP contribution in [0.25, 0.3) is 0 Å². The number of halogens is 2. The maximum atomic E-state index is 12.9. The van der Waals surface area contributed by atoms with Crippen LogP contribution >= 0.6 is 12.4 Å². The molecule has 0 aromatic carbocycles. The third-order valence-corrected chi connectivity index (χ3v) is 2.56. The summed E-state index contributed by atoms with van der Waals surface area (Å²) in [5.74, 6) is 0.0505. The van der Waals surface area contributed by atoms with E-state index in [4.69, 9.17) is 0 Å². The zero-order chi connectivity index (χ0) is 10.6. The first-order valence-corrected chi connectivity index (χ1v) is 5.35. The van der Waals surface area contributed by atoms with E-state index in [0.29, 0.717) is 19.5 Å². The quantitative estimate of drug-likeness (QED) is 0.803. The summed E-state index contributed by atoms with van der Waals surface area (Å²) in [6.45, 7) is 5.79. The van der Waals surface area contributed by atoms with Gasteiger partial charge in [0.05, 0.1) is 6.04 Å². The van der Waals surface area contributed by atoms with Crippen LogP contribution in [0, 0.1) is 0 Å². The van der Waals surface area contributed by atoms with E-state index in [0.717, 1.165) is 13.0 Å². The molecule has 0 unspecified atom stereocenters. The predicted octanol–water partition coefficient (Wildman–Crippen LogP) is 1.37. The lowest BCUT2D eigenvalue weighted by atomic mass is 10.2. The number of carbonyl (C=O) groups is 1. The Labute approximate surface area is 96.8 Å². The second-order valence-corrected chi connectivity index (χ2v) is 3.71. The number of amides is 1. The smallest absolute Gasteiger partial charge is 0.239 e. The molecule has 0 aliphatic carbocycles. The minimum atomic E-state index is -0.857. The van der Waals surface area contributed by atoms with Crippen molar-refractivity contribution in [2.75, 3.05) is 19.6 Å². The van der Waals surface area contributed by atoms with Crippen LogP contribution in [0.1, 0.15) is 26.7 Å². The molecule has 0 radical (unpaired) electrons. The van der Waals surface area contributed by atoms with Crippen molar-refractivity contribution in [3.05, 3.63) is 0 Å². The van der Waals surface area contributed by atoms with Gasteiger partial charge < -0.3 is 10.2 Å². The normalized spacial score (nSPS) is 24.7. The number of rotatable bonds is 4. The Hall–Kier alpha value is -0.350. The lowest BCUT2D eigenvalue weighted by molar-refractivity contribution is -0.133. The fourth-order valence-electron chi connectivity index (χ4n) is 1.80. The van der Waals surface area contributed by atoms with Gasteiger partial charge in [-0.3, -0.25) is 4.79 Å². The molecule has 5 heteroatoms. The number of hydrogen-bond donors (Lipinski definition) is 1. The van der Waals surface area contributed by atoms with E-state index in [1.807, 2.05) is 13.8 Å². The first-order valence-electron chi connectivity index (χ1n) is 5.35. The van der Waals surface area contributed by atoms with Crippen LogP contribution in [0.4, 0.5) is 4.39 Å². The number of nitrogens with zero attached hydrogens (tertiary/aromatic N) is 1. The minimum absolute atomic E-state index is 0. The third kappa shape index (κ3) is 3.95. The SMILES string of the molecule is CCCN(CC)C(=O)[C@H]1C[C@H](F)CN1.Cl. The number of hydrogen-bond acceptors (Lipinski definition) is 2. The molecule has 1 saturated heterocycles. The van der Waals surface area contributed by atoms with Crippen LogP contribution < -0.4 is 5.32 Å². The lowest BCUT2D eigenvalue weighted by Crippen LogP contribution is -2.43. The van der Waals surface area contributed by atoms with Gasteiger partial charge in [-0.15, -0.1) is 12.4 Å². The fourth-order valence-corrected chi connectivity index (χ4v) is 1.80. The summed E-state index contributed by atoms with van der Waals surface area (Å²) in [5.41, 5.74) is 0. The van der Waals surface area contributed by atoms with Gasteiger partial charge in [0, 0.05) is 26.1 Å². The zero-order valence-electron chi connectivity index (χ0n) is 9.33. The highest BCUT2D eigenvalue weighted by Crippen LogP contribution is 2.12. The van der Waals surface area contributed by atoms with Gasteiger partial charge in [0.25, 0.3) is 0 Å². The maximum Gasteiger partial charge on any atom is 0.239 e. The molecule has 1 aliphatic rings. The van der Waals surface area contributed by atoms with Gasteiger partial charge in [-0.2, -0.15) is 0 Å². The minimum Gasteiger partial charge on any atom is -0.342 e. The summed E-state index contributed by atoms with van der Waals surface area (Å²) in [7, 11) is 0. The molecular formula is C10H20ClFN2O. The number of carbonyl (C=O) groups excluding carboxylic acids is 1. The van der Waals surface area contributed by atoms with E-state index in [-0.39, 0.29) is 24.4 Å². The molecule has 1 aliphatic heterocycles. The Kier molecular flexibility index (Phi) is 6.85. The van der Waals surface area contributed by atoms with Gasteiger partial charge in [0.2, 0.25) is 5.91 Å². The van der Waals surface area contributed by atoms with Gasteiger partial charge in [-0.1, -0.05) is 6.92 Å². The predicted molar refractivity (Wildman–Crippen MR) is 61.1 cm³/mol. The van der Waals surface area contributed by atoms with Gasteiger partial charge in [0.1, 0.15) is 6.17 Å². The molecule has 1 amide bonds. The standard InChI is InChI=1S/C10H19FN2O.ClH/c1-3-5-13(4-2)10(14)9-6-8(11)7-12-9;/h8-9,12H,3-7H2,1-2H3;1H/t8-,9+;/m0./s1. The molecule has 1 N–H and O–H groups in total. The average Bonchev–Trinajstić information content (AvgIpc) is 2.60. The molecule has 0 bridgehead atoms. The molecular weight excluding hydrogens is 219 g/mol. The molecule has 2 atom stereocenters. The molecule has 0 spiro atoms. The highest BCUT2D eigenvalue weighted by molar-refractivity contribution is 5.85. The van der Waals surface area contributed by atoms with Gasteiger partial charge in [0.15, 0.2) is 0 Å². The fraction of sp³-hybridized carbons (Fsp3) is 0.900. The van der Waals surface area contributed by atoms with Crippen molar-refractivity contribution in [1.29, 1.82) is 0 Å². The van der Waals surface area contributed by atoms with Crippen molar-refractivity contribution in [2.45, 2.75) is 38.9 Å². The molecule has 1 fully saturated rings. The molecule has 0 saturated carbocycles. The summed E-state index contributed by atoms with van der Waals surface area (Å²) in [6.07, 6.45) is 0.425. The van der Waals surface area contributed by atoms with E-state index in [1.165, 1.54) is 0 Å². The van der Waals surface area contributed by atoms with E-state index < -0.39 is 6.17 Å². The summed E-state index contributed by atoms with van der Waals surface area (Å²) < 4.78 is 12.9. The Morgan fingerprint density at radius 3 is 2.60 bits per heavy atom. The summed E-state index contributed by atoms with van der Waals surface area (Å²) >= 11 is 0. The molecule has 90 valence electrons. The van der Waals surface area contributed by atoms with Crippen molar-refractivity contribution in [2.24, 2.45) is 0 Å². The second kappa shape index (κ2) is 7.01. The number of likely N-dealkylation sites (N-methyl/N-ethyl adjacent to an activating group) is 1.